The summed E-state index contributed by atoms with van der Waals surface area (Å²) >= 11 is 1.08. The number of hydrogen-bond donors (Lipinski definition) is 1. The fraction of sp³-hybridized carbons (Fsp3) is 0.174. The van der Waals surface area contributed by atoms with Gasteiger partial charge in [-0.25, -0.2) is 9.37 Å². The third-order valence-corrected chi connectivity index (χ3v) is 6.05. The van der Waals surface area contributed by atoms with Gasteiger partial charge in [-0.05, 0) is 30.3 Å². The minimum Gasteiger partial charge on any atom is -0.494 e. The maximum Gasteiger partial charge on any atom is 0.262 e. The zero-order valence-corrected chi connectivity index (χ0v) is 18.7. The first-order valence-electron chi connectivity index (χ1n) is 10.1. The molecule has 5 rings (SSSR count). The number of hydrogen-bond acceptors (Lipinski definition) is 8. The maximum atomic E-state index is 13.9. The number of anilines is 1. The van der Waals surface area contributed by atoms with Gasteiger partial charge in [-0.1, -0.05) is 11.8 Å². The minimum absolute atomic E-state index is 0.0612. The van der Waals surface area contributed by atoms with E-state index in [0.717, 1.165) is 11.8 Å². The third-order valence-electron chi connectivity index (χ3n) is 5.08. The first-order valence-corrected chi connectivity index (χ1v) is 11.1. The Morgan fingerprint density at radius 2 is 2.06 bits per heavy atom. The number of carbonyl (C=O) groups excluding carboxylic acids is 1. The molecule has 0 atom stereocenters. The summed E-state index contributed by atoms with van der Waals surface area (Å²) in [6, 6.07) is 10.8. The SMILES string of the molecule is COc1ccc(NC(=O)CSc2nc3cc4c(cc3c(=O)n2Cc2ccco2)OCO4)cc1F. The van der Waals surface area contributed by atoms with E-state index in [-0.39, 0.29) is 42.0 Å². The number of amides is 1. The highest BCUT2D eigenvalue weighted by Gasteiger charge is 2.20. The largest absolute Gasteiger partial charge is 0.494 e. The number of methoxy groups -OCH3 is 1. The van der Waals surface area contributed by atoms with Crippen LogP contribution in [0.2, 0.25) is 0 Å². The Bertz CT molecular complexity index is 1440. The summed E-state index contributed by atoms with van der Waals surface area (Å²) < 4.78 is 36.4. The van der Waals surface area contributed by atoms with Gasteiger partial charge < -0.3 is 23.9 Å². The Morgan fingerprint density at radius 1 is 1.24 bits per heavy atom. The monoisotopic (exact) mass is 483 g/mol. The molecule has 1 aliphatic heterocycles. The summed E-state index contributed by atoms with van der Waals surface area (Å²) in [5, 5.41) is 3.31. The van der Waals surface area contributed by atoms with E-state index in [9.17, 15) is 14.0 Å². The van der Waals surface area contributed by atoms with Gasteiger partial charge in [0.2, 0.25) is 12.7 Å². The Kier molecular flexibility index (Phi) is 5.84. The van der Waals surface area contributed by atoms with Crippen molar-refractivity contribution in [1.29, 1.82) is 0 Å². The molecule has 3 heterocycles. The molecule has 0 fully saturated rings. The second-order valence-corrected chi connectivity index (χ2v) is 8.22. The van der Waals surface area contributed by atoms with Gasteiger partial charge in [0.05, 0.1) is 36.6 Å². The molecule has 2 aromatic carbocycles. The molecule has 0 unspecified atom stereocenters. The highest BCUT2D eigenvalue weighted by atomic mass is 32.2. The minimum atomic E-state index is -0.588. The van der Waals surface area contributed by atoms with Crippen LogP contribution >= 0.6 is 11.8 Å². The van der Waals surface area contributed by atoms with Crippen LogP contribution in [0.15, 0.2) is 63.1 Å². The van der Waals surface area contributed by atoms with Crippen LogP contribution < -0.4 is 25.1 Å². The number of benzene rings is 2. The first-order chi connectivity index (χ1) is 16.5. The molecule has 0 aliphatic carbocycles. The molecule has 0 bridgehead atoms. The van der Waals surface area contributed by atoms with Gasteiger partial charge in [-0.3, -0.25) is 14.2 Å². The summed E-state index contributed by atoms with van der Waals surface area (Å²) in [6.07, 6.45) is 1.52. The summed E-state index contributed by atoms with van der Waals surface area (Å²) in [6.45, 7) is 0.205. The van der Waals surface area contributed by atoms with E-state index < -0.39 is 5.82 Å². The van der Waals surface area contributed by atoms with Crippen LogP contribution in [0, 0.1) is 5.82 Å². The van der Waals surface area contributed by atoms with Gasteiger partial charge in [0.15, 0.2) is 28.2 Å². The normalized spacial score (nSPS) is 12.2. The number of carbonyl (C=O) groups is 1. The molecule has 1 amide bonds. The number of aromatic nitrogens is 2. The Hall–Kier alpha value is -3.99. The Balaban J connectivity index is 1.43. The number of ether oxygens (including phenoxy) is 3. The van der Waals surface area contributed by atoms with Crippen LogP contribution in [0.4, 0.5) is 10.1 Å². The molecule has 0 radical (unpaired) electrons. The van der Waals surface area contributed by atoms with E-state index >= 15 is 0 Å². The molecule has 0 spiro atoms. The van der Waals surface area contributed by atoms with Gasteiger partial charge in [-0.15, -0.1) is 0 Å². The van der Waals surface area contributed by atoms with Gasteiger partial charge in [0.25, 0.3) is 5.56 Å². The van der Waals surface area contributed by atoms with Crippen molar-refractivity contribution in [3.63, 3.8) is 0 Å². The van der Waals surface area contributed by atoms with E-state index in [2.05, 4.69) is 10.3 Å². The van der Waals surface area contributed by atoms with E-state index in [4.69, 9.17) is 18.6 Å². The number of nitrogens with one attached hydrogen (secondary N) is 1. The highest BCUT2D eigenvalue weighted by Crippen LogP contribution is 2.35. The molecule has 0 saturated heterocycles. The topological polar surface area (TPSA) is 105 Å². The van der Waals surface area contributed by atoms with Gasteiger partial charge in [0.1, 0.15) is 5.76 Å². The lowest BCUT2D eigenvalue weighted by molar-refractivity contribution is -0.113. The van der Waals surface area contributed by atoms with Crippen molar-refractivity contribution in [3.8, 4) is 17.2 Å². The number of rotatable bonds is 7. The number of fused-ring (bicyclic) bond motifs is 2. The van der Waals surface area contributed by atoms with Crippen molar-refractivity contribution in [3.05, 3.63) is 70.7 Å². The number of thioether (sulfide) groups is 1. The van der Waals surface area contributed by atoms with Crippen LogP contribution in [-0.2, 0) is 11.3 Å². The van der Waals surface area contributed by atoms with E-state index in [1.807, 2.05) is 0 Å². The standard InChI is InChI=1S/C23H18FN3O6S/c1-30-18-5-4-13(7-16(18)24)25-21(28)11-34-23-26-17-9-20-19(32-12-33-20)8-15(17)22(29)27(23)10-14-3-2-6-31-14/h2-9H,10-12H2,1H3,(H,25,28). The third kappa shape index (κ3) is 4.29. The molecule has 2 aromatic heterocycles. The lowest BCUT2D eigenvalue weighted by Gasteiger charge is -2.13. The highest BCUT2D eigenvalue weighted by molar-refractivity contribution is 7.99. The Morgan fingerprint density at radius 3 is 2.79 bits per heavy atom. The quantitative estimate of drug-likeness (QED) is 0.314. The van der Waals surface area contributed by atoms with E-state index in [1.54, 1.807) is 24.3 Å². The van der Waals surface area contributed by atoms with Crippen molar-refractivity contribution in [2.75, 3.05) is 25.0 Å². The van der Waals surface area contributed by atoms with Crippen LogP contribution in [0.3, 0.4) is 0 Å². The maximum absolute atomic E-state index is 13.9. The zero-order valence-electron chi connectivity index (χ0n) is 17.9. The molecule has 4 aromatic rings. The average Bonchev–Trinajstić information content (AvgIpc) is 3.50. The lowest BCUT2D eigenvalue weighted by atomic mass is 10.2. The number of furan rings is 1. The predicted molar refractivity (Wildman–Crippen MR) is 122 cm³/mol. The molecule has 1 N–H and O–H groups in total. The summed E-state index contributed by atoms with van der Waals surface area (Å²) in [5.74, 6) is 0.573. The molecular formula is C23H18FN3O6S. The first kappa shape index (κ1) is 21.8. The van der Waals surface area contributed by atoms with Crippen LogP contribution in [-0.4, -0.2) is 35.1 Å². The molecule has 174 valence electrons. The van der Waals surface area contributed by atoms with Gasteiger partial charge >= 0.3 is 0 Å². The predicted octanol–water partition coefficient (Wildman–Crippen LogP) is 3.65. The second kappa shape index (κ2) is 9.10. The van der Waals surface area contributed by atoms with E-state index in [1.165, 1.54) is 36.1 Å². The second-order valence-electron chi connectivity index (χ2n) is 7.27. The fourth-order valence-electron chi connectivity index (χ4n) is 3.47. The molecule has 34 heavy (non-hydrogen) atoms. The molecule has 1 aliphatic rings. The molecule has 0 saturated carbocycles. The smallest absolute Gasteiger partial charge is 0.262 e. The molecular weight excluding hydrogens is 465 g/mol. The van der Waals surface area contributed by atoms with E-state index in [0.29, 0.717) is 33.3 Å². The van der Waals surface area contributed by atoms with Crippen molar-refractivity contribution in [1.82, 2.24) is 9.55 Å². The van der Waals surface area contributed by atoms with Crippen molar-refractivity contribution >= 4 is 34.3 Å². The Labute approximate surface area is 196 Å². The van der Waals surface area contributed by atoms with Gasteiger partial charge in [0, 0.05) is 17.8 Å². The van der Waals surface area contributed by atoms with Crippen LogP contribution in [0.5, 0.6) is 17.2 Å². The molecule has 9 nitrogen and oxygen atoms in total. The number of halogens is 1. The molecule has 11 heteroatoms. The average molecular weight is 483 g/mol. The lowest BCUT2D eigenvalue weighted by Crippen LogP contribution is -2.24. The van der Waals surface area contributed by atoms with Gasteiger partial charge in [-0.2, -0.15) is 0 Å². The fourth-order valence-corrected chi connectivity index (χ4v) is 4.27. The summed E-state index contributed by atoms with van der Waals surface area (Å²) in [4.78, 5) is 30.5. The van der Waals surface area contributed by atoms with Crippen molar-refractivity contribution in [2.24, 2.45) is 0 Å². The summed E-state index contributed by atoms with van der Waals surface area (Å²) in [5.41, 5.74) is 0.404. The van der Waals surface area contributed by atoms with Crippen LogP contribution in [0.1, 0.15) is 5.76 Å². The van der Waals surface area contributed by atoms with Crippen molar-refractivity contribution < 1.29 is 27.8 Å². The van der Waals surface area contributed by atoms with Crippen molar-refractivity contribution in [2.45, 2.75) is 11.7 Å². The number of nitrogens with zero attached hydrogens (tertiary/aromatic N) is 2. The van der Waals surface area contributed by atoms with Crippen LogP contribution in [0.25, 0.3) is 10.9 Å². The zero-order chi connectivity index (χ0) is 23.7. The summed E-state index contributed by atoms with van der Waals surface area (Å²) in [7, 11) is 1.36.